The van der Waals surface area contributed by atoms with Crippen LogP contribution in [-0.2, 0) is 60.6 Å². The van der Waals surface area contributed by atoms with E-state index < -0.39 is 101 Å². The summed E-state index contributed by atoms with van der Waals surface area (Å²) in [5, 5.41) is 20.1. The molecule has 2 aromatic rings. The van der Waals surface area contributed by atoms with E-state index in [1.54, 1.807) is 39.1 Å². The number of nitrogens with zero attached hydrogens (tertiary/aromatic N) is 2. The van der Waals surface area contributed by atoms with Gasteiger partial charge in [0.15, 0.2) is 5.78 Å². The number of nitrogens with one attached hydrogen (secondary N) is 3. The van der Waals surface area contributed by atoms with Crippen LogP contribution in [0.25, 0.3) is 0 Å². The van der Waals surface area contributed by atoms with Crippen LogP contribution in [0.4, 0.5) is 25.4 Å². The molecule has 6 N–H and O–H groups in total. The molecular formula is C59H76ClFN6O13S. The molecule has 81 heavy (non-hydrogen) atoms. The lowest BCUT2D eigenvalue weighted by Gasteiger charge is -2.41. The molecule has 7 amide bonds. The number of amides is 7. The van der Waals surface area contributed by atoms with Gasteiger partial charge in [-0.25, -0.2) is 14.0 Å². The van der Waals surface area contributed by atoms with Gasteiger partial charge in [-0.15, -0.1) is 0 Å². The third-order valence-electron chi connectivity index (χ3n) is 15.6. The smallest absolute Gasteiger partial charge is 0.412 e. The van der Waals surface area contributed by atoms with Crippen molar-refractivity contribution in [1.82, 2.24) is 15.5 Å². The van der Waals surface area contributed by atoms with Crippen molar-refractivity contribution < 1.29 is 66.8 Å². The molecule has 0 aliphatic carbocycles. The Bertz CT molecular complexity index is 2830. The van der Waals surface area contributed by atoms with Gasteiger partial charge in [-0.05, 0) is 111 Å². The number of imide groups is 1. The highest BCUT2D eigenvalue weighted by atomic mass is 35.5. The number of carbonyl (C=O) groups excluding carboxylic acids is 8. The summed E-state index contributed by atoms with van der Waals surface area (Å²) < 4.78 is 39.9. The standard InChI is InChI=1S/C59H76ClFN6O13S/c1-33(2)40(29-39(81)15-10-9-11-23-67-49(69)20-21-50(67)70)55(73)64-43(16-13-22-63-56(62)74)45(68)28-37-18-19-42(41(61)26-37)65-57(75)79-48-30-51(71)66(7)44-27-38(25-35(4)53(44)60)24-34(3)14-12-17-47(77-8)59(76)31-46(78-52(72)32-59)36(5)54-58(48,6)80-54/h12,14,17-21,25-27,33,36,40,43,46-48,54,76H,9-11,13,15-16,22-24,28-32H2,1-8H3,(H,64,73)(H,65,75)(H3,62,63,74)/b17-12+,34-14+/t36-,40+,43+,46+,47-,48+,54+,58+,59-/m1/s1. The average Bonchev–Trinajstić information content (AvgIpc) is 4.00. The fourth-order valence-corrected chi connectivity index (χ4v) is 11.3. The maximum absolute atomic E-state index is 16.1. The molecule has 0 saturated carbocycles. The summed E-state index contributed by atoms with van der Waals surface area (Å²) in [4.78, 5) is 108. The number of carbonyl (C=O) groups is 8. The number of benzene rings is 2. The monoisotopic (exact) mass is 1160 g/mol. The summed E-state index contributed by atoms with van der Waals surface area (Å²) >= 11 is 12.5. The van der Waals surface area contributed by atoms with Gasteiger partial charge in [-0.3, -0.25) is 39.0 Å². The first-order valence-electron chi connectivity index (χ1n) is 27.4. The zero-order chi connectivity index (χ0) is 59.5. The summed E-state index contributed by atoms with van der Waals surface area (Å²) in [6.07, 6.45) is 5.42. The largest absolute Gasteiger partial charge is 0.462 e. The van der Waals surface area contributed by atoms with Gasteiger partial charge in [-0.1, -0.05) is 86.9 Å². The third-order valence-corrected chi connectivity index (χ3v) is 16.5. The van der Waals surface area contributed by atoms with E-state index in [1.165, 1.54) is 41.2 Å². The lowest BCUT2D eigenvalue weighted by Crippen LogP contribution is -2.53. The Hall–Kier alpha value is -6.39. The summed E-state index contributed by atoms with van der Waals surface area (Å²) in [6.45, 7) is 11.3. The van der Waals surface area contributed by atoms with E-state index in [9.17, 15) is 43.5 Å². The maximum Gasteiger partial charge on any atom is 0.412 e. The Balaban J connectivity index is 1.15. The van der Waals surface area contributed by atoms with Crippen molar-refractivity contribution in [1.29, 1.82) is 0 Å². The van der Waals surface area contributed by atoms with Crippen LogP contribution in [0.1, 0.15) is 116 Å². The number of urea groups is 1. The first kappa shape index (κ1) is 63.8. The number of nitrogens with two attached hydrogens (primary N) is 1. The number of anilines is 2. The Labute approximate surface area is 482 Å². The van der Waals surface area contributed by atoms with Crippen LogP contribution in [0.5, 0.6) is 0 Å². The normalized spacial score (nSPS) is 25.7. The number of methoxy groups -OCH3 is 1. The molecule has 2 saturated heterocycles. The van der Waals surface area contributed by atoms with E-state index in [-0.39, 0.29) is 74.1 Å². The number of esters is 1. The maximum atomic E-state index is 16.1. The van der Waals surface area contributed by atoms with E-state index in [4.69, 9.17) is 48.5 Å². The lowest BCUT2D eigenvalue weighted by molar-refractivity contribution is -0.187. The highest BCUT2D eigenvalue weighted by Crippen LogP contribution is 2.50. The number of thiocarbonyl (C=S) groups is 1. The predicted octanol–water partition coefficient (Wildman–Crippen LogP) is 7.62. The summed E-state index contributed by atoms with van der Waals surface area (Å²) in [5.41, 5.74) is 5.08. The number of Topliss-reactive ketones (excluding diaryl/α,β-unsaturated/α-hetero) is 1. The van der Waals surface area contributed by atoms with Gasteiger partial charge in [-0.2, -0.15) is 0 Å². The Morgan fingerprint density at radius 2 is 1.75 bits per heavy atom. The fourth-order valence-electron chi connectivity index (χ4n) is 10.8. The minimum atomic E-state index is -1.65. The molecule has 2 fully saturated rings. The van der Waals surface area contributed by atoms with Crippen LogP contribution >= 0.6 is 23.8 Å². The molecule has 4 aliphatic heterocycles. The second kappa shape index (κ2) is 28.1. The molecule has 0 unspecified atom stereocenters. The van der Waals surface area contributed by atoms with E-state index in [1.807, 2.05) is 39.8 Å². The zero-order valence-corrected chi connectivity index (χ0v) is 48.8. The van der Waals surface area contributed by atoms with E-state index >= 15 is 4.39 Å². The number of allylic oxidation sites excluding steroid dienone is 3. The topological polar surface area (TPSA) is 266 Å². The van der Waals surface area contributed by atoms with Crippen molar-refractivity contribution in [2.45, 2.75) is 160 Å². The first-order chi connectivity index (χ1) is 38.2. The number of rotatable bonds is 21. The SMILES string of the molecule is CO[C@@H]1/C=C/C=C(\C)Cc2cc(C)c(Cl)c(c2)N(C)C(=O)C[C@H](OC(=O)Nc2ccc(CC(=O)[C@H](CCCNC(N)=O)NC(=O)[C@@H](CC(=S)CCCCCN3C(=O)C=CC3=O)C(C)C)cc2F)[C@]2(C)O[C@H]2[C@H](C)[C@@H]2C[C@@]1(O)CC(=O)O2. The lowest BCUT2D eigenvalue weighted by atomic mass is 9.78. The van der Waals surface area contributed by atoms with Crippen LogP contribution < -0.4 is 26.6 Å². The summed E-state index contributed by atoms with van der Waals surface area (Å²) in [7, 11) is 3.00. The number of fused-ring (bicyclic) bond motifs is 5. The quantitative estimate of drug-likeness (QED) is 0.0265. The van der Waals surface area contributed by atoms with E-state index in [0.717, 1.165) is 22.8 Å². The number of halogens is 2. The van der Waals surface area contributed by atoms with Gasteiger partial charge in [0.2, 0.25) is 11.8 Å². The highest BCUT2D eigenvalue weighted by molar-refractivity contribution is 7.80. The zero-order valence-electron chi connectivity index (χ0n) is 47.3. The van der Waals surface area contributed by atoms with Crippen LogP contribution in [0.2, 0.25) is 5.02 Å². The third kappa shape index (κ3) is 16.9. The molecule has 4 aliphatic rings. The van der Waals surface area contributed by atoms with Gasteiger partial charge >= 0.3 is 18.1 Å². The molecule has 9 atom stereocenters. The van der Waals surface area contributed by atoms with Crippen LogP contribution in [0.3, 0.4) is 0 Å². The van der Waals surface area contributed by atoms with Crippen LogP contribution in [0, 0.1) is 30.5 Å². The number of unbranched alkanes of at least 4 members (excludes halogenated alkanes) is 2. The predicted molar refractivity (Wildman–Crippen MR) is 306 cm³/mol. The summed E-state index contributed by atoms with van der Waals surface area (Å²) in [5.74, 6) is -4.95. The number of epoxide rings is 1. The van der Waals surface area contributed by atoms with E-state index in [0.29, 0.717) is 54.2 Å². The second-order valence-corrected chi connectivity index (χ2v) is 23.2. The molecular weight excluding hydrogens is 1090 g/mol. The fraction of sp³-hybridized carbons (Fsp3) is 0.542. The van der Waals surface area contributed by atoms with Crippen molar-refractivity contribution in [2.75, 3.05) is 37.5 Å². The molecule has 19 nitrogen and oxygen atoms in total. The average molecular weight is 1160 g/mol. The van der Waals surface area contributed by atoms with Gasteiger partial charge in [0.05, 0.1) is 41.4 Å². The first-order valence-corrected chi connectivity index (χ1v) is 28.2. The van der Waals surface area contributed by atoms with Gasteiger partial charge in [0, 0.05) is 64.1 Å². The number of primary amides is 1. The van der Waals surface area contributed by atoms with Gasteiger partial charge < -0.3 is 45.3 Å². The molecule has 4 bridgehead atoms. The molecule has 22 heteroatoms. The number of ether oxygens (including phenoxy) is 4. The van der Waals surface area contributed by atoms with Crippen LogP contribution in [0.15, 0.2) is 66.3 Å². The Morgan fingerprint density at radius 3 is 2.42 bits per heavy atom. The molecule has 0 radical (unpaired) electrons. The van der Waals surface area contributed by atoms with Gasteiger partial charge in [0.1, 0.15) is 35.3 Å². The second-order valence-electron chi connectivity index (χ2n) is 22.3. The molecule has 440 valence electrons. The van der Waals surface area contributed by atoms with Crippen molar-refractivity contribution in [3.05, 3.63) is 93.8 Å². The van der Waals surface area contributed by atoms with Crippen molar-refractivity contribution >= 4 is 87.6 Å². The number of aliphatic hydroxyl groups is 1. The molecule has 0 aromatic heterocycles. The van der Waals surface area contributed by atoms with Crippen molar-refractivity contribution in [2.24, 2.45) is 23.5 Å². The number of aryl methyl sites for hydroxylation is 1. The van der Waals surface area contributed by atoms with Crippen molar-refractivity contribution in [3.8, 4) is 0 Å². The van der Waals surface area contributed by atoms with Gasteiger partial charge in [0.25, 0.3) is 11.8 Å². The van der Waals surface area contributed by atoms with E-state index in [2.05, 4.69) is 16.0 Å². The molecule has 6 rings (SSSR count). The molecule has 2 aromatic carbocycles. The number of ketones is 1. The van der Waals surface area contributed by atoms with Crippen molar-refractivity contribution in [3.63, 3.8) is 0 Å². The Kier molecular flexibility index (Phi) is 22.1. The summed E-state index contributed by atoms with van der Waals surface area (Å²) in [6, 6.07) is 5.68. The number of hydrogen-bond donors (Lipinski definition) is 5. The van der Waals surface area contributed by atoms with Crippen LogP contribution in [-0.4, -0.2) is 131 Å². The molecule has 4 heterocycles. The minimum Gasteiger partial charge on any atom is -0.462 e. The highest BCUT2D eigenvalue weighted by Gasteiger charge is 2.64. The Morgan fingerprint density at radius 1 is 1.04 bits per heavy atom. The number of hydrogen-bond acceptors (Lipinski definition) is 14. The minimum absolute atomic E-state index is 0.0184. The molecule has 0 spiro atoms.